The molecule has 0 unspecified atom stereocenters. The van der Waals surface area contributed by atoms with Crippen molar-refractivity contribution in [3.05, 3.63) is 35.4 Å². The molecule has 0 radical (unpaired) electrons. The molecule has 0 amide bonds. The number of carbonyl (C=O) groups excluding carboxylic acids is 1. The predicted octanol–water partition coefficient (Wildman–Crippen LogP) is 2.28. The van der Waals surface area contributed by atoms with Gasteiger partial charge in [-0.15, -0.1) is 0 Å². The zero-order valence-electron chi connectivity index (χ0n) is 8.57. The predicted molar refractivity (Wildman–Crippen MR) is 55.2 cm³/mol. The largest absolute Gasteiger partial charge is 0.331 e. The molecule has 0 heterocycles. The minimum Gasteiger partial charge on any atom is -0.318 e. The average molecular weight is 191 g/mol. The van der Waals surface area contributed by atoms with E-state index in [0.29, 0.717) is 5.71 Å². The number of carbonyl (C=O) groups is 1. The van der Waals surface area contributed by atoms with Gasteiger partial charge >= 0.3 is 5.97 Å². The van der Waals surface area contributed by atoms with Gasteiger partial charge in [0, 0.05) is 6.92 Å². The minimum atomic E-state index is -0.406. The lowest BCUT2D eigenvalue weighted by atomic mass is 10.1. The third-order valence-electron chi connectivity index (χ3n) is 1.78. The van der Waals surface area contributed by atoms with Gasteiger partial charge in [0.25, 0.3) is 0 Å². The van der Waals surface area contributed by atoms with Crippen LogP contribution in [0.1, 0.15) is 25.0 Å². The Kier molecular flexibility index (Phi) is 3.40. The van der Waals surface area contributed by atoms with Crippen molar-refractivity contribution >= 4 is 11.7 Å². The molecule has 0 fully saturated rings. The van der Waals surface area contributed by atoms with Crippen LogP contribution in [0.4, 0.5) is 0 Å². The highest BCUT2D eigenvalue weighted by molar-refractivity contribution is 5.98. The lowest BCUT2D eigenvalue weighted by molar-refractivity contribution is -0.140. The molecule has 74 valence electrons. The van der Waals surface area contributed by atoms with Gasteiger partial charge in [-0.25, -0.2) is 4.79 Å². The maximum Gasteiger partial charge on any atom is 0.331 e. The summed E-state index contributed by atoms with van der Waals surface area (Å²) in [6.07, 6.45) is 0. The van der Waals surface area contributed by atoms with Gasteiger partial charge in [-0.1, -0.05) is 35.0 Å². The first-order valence-corrected chi connectivity index (χ1v) is 4.39. The molecule has 0 aromatic heterocycles. The normalized spacial score (nSPS) is 11.2. The molecule has 0 aliphatic carbocycles. The van der Waals surface area contributed by atoms with Gasteiger partial charge < -0.3 is 4.84 Å². The number of aryl methyl sites for hydroxylation is 1. The molecule has 0 aliphatic rings. The smallest absolute Gasteiger partial charge is 0.318 e. The first-order valence-electron chi connectivity index (χ1n) is 4.39. The fraction of sp³-hybridized carbons (Fsp3) is 0.273. The average Bonchev–Trinajstić information content (AvgIpc) is 2.15. The van der Waals surface area contributed by atoms with E-state index in [2.05, 4.69) is 9.99 Å². The Hall–Kier alpha value is -1.64. The first-order chi connectivity index (χ1) is 6.59. The van der Waals surface area contributed by atoms with Crippen molar-refractivity contribution < 1.29 is 9.63 Å². The van der Waals surface area contributed by atoms with E-state index in [4.69, 9.17) is 0 Å². The Morgan fingerprint density at radius 2 is 1.79 bits per heavy atom. The van der Waals surface area contributed by atoms with Gasteiger partial charge in [0.1, 0.15) is 0 Å². The molecule has 0 atom stereocenters. The molecule has 1 aromatic rings. The standard InChI is InChI=1S/C11H13NO2/c1-8-4-6-11(7-5-8)9(2)12-14-10(3)13/h4-7H,1-3H3/b12-9+. The van der Waals surface area contributed by atoms with Crippen LogP contribution in [-0.4, -0.2) is 11.7 Å². The molecular formula is C11H13NO2. The third-order valence-corrected chi connectivity index (χ3v) is 1.78. The van der Waals surface area contributed by atoms with Gasteiger partial charge in [-0.05, 0) is 19.4 Å². The van der Waals surface area contributed by atoms with E-state index in [9.17, 15) is 4.79 Å². The summed E-state index contributed by atoms with van der Waals surface area (Å²) in [6.45, 7) is 5.14. The Morgan fingerprint density at radius 3 is 2.29 bits per heavy atom. The highest BCUT2D eigenvalue weighted by Gasteiger charge is 1.98. The molecule has 1 rings (SSSR count). The van der Waals surface area contributed by atoms with E-state index in [1.807, 2.05) is 31.2 Å². The summed E-state index contributed by atoms with van der Waals surface area (Å²) >= 11 is 0. The Balaban J connectivity index is 2.78. The van der Waals surface area contributed by atoms with Crippen LogP contribution < -0.4 is 0 Å². The van der Waals surface area contributed by atoms with Crippen molar-refractivity contribution in [2.75, 3.05) is 0 Å². The minimum absolute atomic E-state index is 0.406. The zero-order valence-corrected chi connectivity index (χ0v) is 8.57. The molecule has 0 saturated carbocycles. The lowest BCUT2D eigenvalue weighted by Crippen LogP contribution is -1.99. The number of benzene rings is 1. The van der Waals surface area contributed by atoms with Crippen LogP contribution in [0.2, 0.25) is 0 Å². The summed E-state index contributed by atoms with van der Waals surface area (Å²) < 4.78 is 0. The maximum atomic E-state index is 10.5. The van der Waals surface area contributed by atoms with Crippen LogP contribution in [0.15, 0.2) is 29.4 Å². The van der Waals surface area contributed by atoms with Crippen LogP contribution in [0.3, 0.4) is 0 Å². The molecule has 0 saturated heterocycles. The summed E-state index contributed by atoms with van der Waals surface area (Å²) in [7, 11) is 0. The number of rotatable bonds is 2. The van der Waals surface area contributed by atoms with Crippen molar-refractivity contribution in [2.45, 2.75) is 20.8 Å². The molecule has 1 aromatic carbocycles. The van der Waals surface area contributed by atoms with Crippen LogP contribution in [0.5, 0.6) is 0 Å². The van der Waals surface area contributed by atoms with E-state index >= 15 is 0 Å². The topological polar surface area (TPSA) is 38.7 Å². The van der Waals surface area contributed by atoms with Crippen LogP contribution in [0, 0.1) is 6.92 Å². The van der Waals surface area contributed by atoms with Gasteiger partial charge in [0.15, 0.2) is 0 Å². The molecule has 0 aliphatic heterocycles. The second-order valence-electron chi connectivity index (χ2n) is 3.13. The highest BCUT2D eigenvalue weighted by Crippen LogP contribution is 2.04. The Bertz CT molecular complexity index is 352. The molecule has 3 heteroatoms. The van der Waals surface area contributed by atoms with Crippen molar-refractivity contribution in [3.8, 4) is 0 Å². The molecule has 0 bridgehead atoms. The van der Waals surface area contributed by atoms with Crippen LogP contribution in [-0.2, 0) is 9.63 Å². The summed E-state index contributed by atoms with van der Waals surface area (Å²) in [4.78, 5) is 15.0. The molecule has 0 N–H and O–H groups in total. The first kappa shape index (κ1) is 10.4. The zero-order chi connectivity index (χ0) is 10.6. The van der Waals surface area contributed by atoms with E-state index in [-0.39, 0.29) is 0 Å². The summed E-state index contributed by atoms with van der Waals surface area (Å²) in [6, 6.07) is 7.86. The SMILES string of the molecule is CC(=O)O/N=C(\C)c1ccc(C)cc1. The second kappa shape index (κ2) is 4.56. The fourth-order valence-corrected chi connectivity index (χ4v) is 0.980. The van der Waals surface area contributed by atoms with E-state index < -0.39 is 5.97 Å². The fourth-order valence-electron chi connectivity index (χ4n) is 0.980. The lowest BCUT2D eigenvalue weighted by Gasteiger charge is -1.99. The molecule has 14 heavy (non-hydrogen) atoms. The second-order valence-corrected chi connectivity index (χ2v) is 3.13. The maximum absolute atomic E-state index is 10.5. The van der Waals surface area contributed by atoms with Gasteiger partial charge in [-0.3, -0.25) is 0 Å². The van der Waals surface area contributed by atoms with Crippen LogP contribution >= 0.6 is 0 Å². The van der Waals surface area contributed by atoms with Crippen molar-refractivity contribution in [3.63, 3.8) is 0 Å². The Labute approximate surface area is 83.4 Å². The van der Waals surface area contributed by atoms with E-state index in [1.165, 1.54) is 12.5 Å². The quantitative estimate of drug-likeness (QED) is 0.408. The van der Waals surface area contributed by atoms with Gasteiger partial charge in [0.05, 0.1) is 5.71 Å². The number of hydrogen-bond donors (Lipinski definition) is 0. The van der Waals surface area contributed by atoms with E-state index in [0.717, 1.165) is 5.56 Å². The monoisotopic (exact) mass is 191 g/mol. The van der Waals surface area contributed by atoms with Gasteiger partial charge in [-0.2, -0.15) is 0 Å². The van der Waals surface area contributed by atoms with E-state index in [1.54, 1.807) is 6.92 Å². The van der Waals surface area contributed by atoms with Crippen molar-refractivity contribution in [1.82, 2.24) is 0 Å². The highest BCUT2D eigenvalue weighted by atomic mass is 16.7. The van der Waals surface area contributed by atoms with Crippen LogP contribution in [0.25, 0.3) is 0 Å². The Morgan fingerprint density at radius 1 is 1.21 bits per heavy atom. The van der Waals surface area contributed by atoms with Gasteiger partial charge in [0.2, 0.25) is 0 Å². The number of oxime groups is 1. The third kappa shape index (κ3) is 3.01. The number of hydrogen-bond acceptors (Lipinski definition) is 3. The summed E-state index contributed by atoms with van der Waals surface area (Å²) in [5, 5.41) is 3.69. The van der Waals surface area contributed by atoms with Crippen molar-refractivity contribution in [2.24, 2.45) is 5.16 Å². The summed E-state index contributed by atoms with van der Waals surface area (Å²) in [5.41, 5.74) is 2.84. The molecular weight excluding hydrogens is 178 g/mol. The number of nitrogens with zero attached hydrogens (tertiary/aromatic N) is 1. The van der Waals surface area contributed by atoms with Crippen molar-refractivity contribution in [1.29, 1.82) is 0 Å². The summed E-state index contributed by atoms with van der Waals surface area (Å²) in [5.74, 6) is -0.406. The molecule has 0 spiro atoms. The molecule has 3 nitrogen and oxygen atoms in total.